The maximum absolute atomic E-state index is 11.2. The lowest BCUT2D eigenvalue weighted by molar-refractivity contribution is -0.139. The fraction of sp³-hybridized carbons (Fsp3) is 0.864. The summed E-state index contributed by atoms with van der Waals surface area (Å²) in [6.07, 6.45) is 19.8. The summed E-state index contributed by atoms with van der Waals surface area (Å²) < 4.78 is 10.1. The number of rotatable bonds is 19. The molecular formula is C22H42O3. The van der Waals surface area contributed by atoms with Gasteiger partial charge >= 0.3 is 5.97 Å². The summed E-state index contributed by atoms with van der Waals surface area (Å²) >= 11 is 0. The molecule has 0 spiro atoms. The maximum atomic E-state index is 11.2. The minimum absolute atomic E-state index is 0.258. The van der Waals surface area contributed by atoms with Crippen molar-refractivity contribution in [3.63, 3.8) is 0 Å². The number of unbranched alkanes of at least 4 members (excludes halogenated alkanes) is 14. The average Bonchev–Trinajstić information content (AvgIpc) is 2.60. The van der Waals surface area contributed by atoms with E-state index in [2.05, 4.69) is 6.58 Å². The molecule has 0 aromatic carbocycles. The number of methoxy groups -OCH3 is 1. The van der Waals surface area contributed by atoms with Crippen molar-refractivity contribution in [3.8, 4) is 0 Å². The van der Waals surface area contributed by atoms with Gasteiger partial charge in [0.2, 0.25) is 0 Å². The Bertz CT molecular complexity index is 312. The first-order chi connectivity index (χ1) is 12.2. The molecule has 3 nitrogen and oxygen atoms in total. The van der Waals surface area contributed by atoms with Gasteiger partial charge in [0.15, 0.2) is 0 Å². The molecular weight excluding hydrogens is 312 g/mol. The Morgan fingerprint density at radius 3 is 1.28 bits per heavy atom. The van der Waals surface area contributed by atoms with E-state index in [1.165, 1.54) is 83.5 Å². The molecule has 0 aliphatic heterocycles. The van der Waals surface area contributed by atoms with E-state index in [-0.39, 0.29) is 5.97 Å². The van der Waals surface area contributed by atoms with E-state index in [4.69, 9.17) is 9.47 Å². The van der Waals surface area contributed by atoms with E-state index in [9.17, 15) is 4.79 Å². The van der Waals surface area contributed by atoms with Crippen LogP contribution in [0.15, 0.2) is 12.2 Å². The highest BCUT2D eigenvalue weighted by molar-refractivity contribution is 5.86. The lowest BCUT2D eigenvalue weighted by atomic mass is 10.0. The van der Waals surface area contributed by atoms with Crippen molar-refractivity contribution < 1.29 is 14.3 Å². The van der Waals surface area contributed by atoms with Crippen LogP contribution >= 0.6 is 0 Å². The van der Waals surface area contributed by atoms with Crippen molar-refractivity contribution in [2.45, 2.75) is 103 Å². The van der Waals surface area contributed by atoms with Gasteiger partial charge in [-0.15, -0.1) is 0 Å². The molecule has 0 atom stereocenters. The zero-order valence-electron chi connectivity index (χ0n) is 17.0. The van der Waals surface area contributed by atoms with Crippen molar-refractivity contribution in [1.82, 2.24) is 0 Å². The first-order valence-corrected chi connectivity index (χ1v) is 10.5. The predicted molar refractivity (Wildman–Crippen MR) is 107 cm³/mol. The minimum Gasteiger partial charge on any atom is -0.462 e. The van der Waals surface area contributed by atoms with E-state index in [1.54, 1.807) is 14.0 Å². The summed E-state index contributed by atoms with van der Waals surface area (Å²) in [5, 5.41) is 0. The number of hydrogen-bond acceptors (Lipinski definition) is 3. The van der Waals surface area contributed by atoms with Gasteiger partial charge in [-0.2, -0.15) is 0 Å². The standard InChI is InChI=1S/C22H42O3/c1-21(2)22(23)25-20-18-16-14-12-10-8-6-4-5-7-9-11-13-15-17-19-24-3/h1,4-20H2,2-3H3. The Labute approximate surface area is 156 Å². The van der Waals surface area contributed by atoms with Gasteiger partial charge in [-0.05, 0) is 19.8 Å². The third-order valence-corrected chi connectivity index (χ3v) is 4.57. The van der Waals surface area contributed by atoms with Gasteiger partial charge in [0.25, 0.3) is 0 Å². The second-order valence-corrected chi connectivity index (χ2v) is 7.21. The van der Waals surface area contributed by atoms with Crippen molar-refractivity contribution in [3.05, 3.63) is 12.2 Å². The lowest BCUT2D eigenvalue weighted by Crippen LogP contribution is -2.05. The molecule has 0 heterocycles. The van der Waals surface area contributed by atoms with Crippen molar-refractivity contribution in [1.29, 1.82) is 0 Å². The molecule has 3 heteroatoms. The van der Waals surface area contributed by atoms with Crippen molar-refractivity contribution in [2.24, 2.45) is 0 Å². The minimum atomic E-state index is -0.258. The monoisotopic (exact) mass is 354 g/mol. The molecule has 0 N–H and O–H groups in total. The molecule has 0 fully saturated rings. The van der Waals surface area contributed by atoms with Gasteiger partial charge in [-0.1, -0.05) is 90.0 Å². The maximum Gasteiger partial charge on any atom is 0.333 e. The molecule has 0 saturated carbocycles. The highest BCUT2D eigenvalue weighted by Gasteiger charge is 2.01. The van der Waals surface area contributed by atoms with Crippen LogP contribution in [0.1, 0.15) is 103 Å². The Morgan fingerprint density at radius 1 is 0.640 bits per heavy atom. The Kier molecular flexibility index (Phi) is 18.8. The summed E-state index contributed by atoms with van der Waals surface area (Å²) in [4.78, 5) is 11.2. The summed E-state index contributed by atoms with van der Waals surface area (Å²) in [5.74, 6) is -0.258. The topological polar surface area (TPSA) is 35.5 Å². The number of hydrogen-bond donors (Lipinski definition) is 0. The van der Waals surface area contributed by atoms with Crippen molar-refractivity contribution in [2.75, 3.05) is 20.3 Å². The van der Waals surface area contributed by atoms with E-state index >= 15 is 0 Å². The van der Waals surface area contributed by atoms with Gasteiger partial charge in [0.05, 0.1) is 6.61 Å². The Morgan fingerprint density at radius 2 is 0.960 bits per heavy atom. The smallest absolute Gasteiger partial charge is 0.333 e. The number of carbonyl (C=O) groups excluding carboxylic acids is 1. The summed E-state index contributed by atoms with van der Waals surface area (Å²) in [6.45, 7) is 6.72. The molecule has 0 aromatic heterocycles. The fourth-order valence-corrected chi connectivity index (χ4v) is 2.93. The van der Waals surface area contributed by atoms with Gasteiger partial charge in [-0.3, -0.25) is 0 Å². The number of carbonyl (C=O) groups is 1. The first-order valence-electron chi connectivity index (χ1n) is 10.5. The van der Waals surface area contributed by atoms with Crippen LogP contribution in [-0.2, 0) is 14.3 Å². The number of ether oxygens (including phenoxy) is 2. The third-order valence-electron chi connectivity index (χ3n) is 4.57. The molecule has 148 valence electrons. The normalized spacial score (nSPS) is 10.8. The van der Waals surface area contributed by atoms with Crippen LogP contribution in [0.25, 0.3) is 0 Å². The molecule has 0 bridgehead atoms. The van der Waals surface area contributed by atoms with Crippen LogP contribution in [0.3, 0.4) is 0 Å². The molecule has 0 radical (unpaired) electrons. The quantitative estimate of drug-likeness (QED) is 0.149. The zero-order chi connectivity index (χ0) is 18.6. The van der Waals surface area contributed by atoms with Gasteiger partial charge in [-0.25, -0.2) is 4.79 Å². The number of esters is 1. The van der Waals surface area contributed by atoms with Crippen LogP contribution in [-0.4, -0.2) is 26.3 Å². The van der Waals surface area contributed by atoms with E-state index in [0.29, 0.717) is 12.2 Å². The van der Waals surface area contributed by atoms with Crippen LogP contribution in [0.2, 0.25) is 0 Å². The molecule has 0 unspecified atom stereocenters. The van der Waals surface area contributed by atoms with Crippen molar-refractivity contribution >= 4 is 5.97 Å². The summed E-state index contributed by atoms with van der Waals surface area (Å²) in [7, 11) is 1.78. The van der Waals surface area contributed by atoms with Gasteiger partial charge < -0.3 is 9.47 Å². The van der Waals surface area contributed by atoms with Crippen LogP contribution in [0.5, 0.6) is 0 Å². The molecule has 0 amide bonds. The average molecular weight is 355 g/mol. The highest BCUT2D eigenvalue weighted by atomic mass is 16.5. The first kappa shape index (κ1) is 24.2. The van der Waals surface area contributed by atoms with E-state index in [1.807, 2.05) is 0 Å². The molecule has 0 aliphatic carbocycles. The third kappa shape index (κ3) is 19.3. The highest BCUT2D eigenvalue weighted by Crippen LogP contribution is 2.13. The largest absolute Gasteiger partial charge is 0.462 e. The predicted octanol–water partition coefficient (Wildman–Crippen LogP) is 6.60. The molecule has 0 aromatic rings. The Hall–Kier alpha value is -0.830. The summed E-state index contributed by atoms with van der Waals surface area (Å²) in [5.41, 5.74) is 0.488. The fourth-order valence-electron chi connectivity index (χ4n) is 2.93. The SMILES string of the molecule is C=C(C)C(=O)OCCCCCCCCCCCCCCCCCOC. The van der Waals surface area contributed by atoms with Crippen LogP contribution in [0.4, 0.5) is 0 Å². The zero-order valence-corrected chi connectivity index (χ0v) is 17.0. The van der Waals surface area contributed by atoms with Crippen LogP contribution < -0.4 is 0 Å². The molecule has 0 saturated heterocycles. The lowest BCUT2D eigenvalue weighted by Gasteiger charge is -2.05. The molecule has 25 heavy (non-hydrogen) atoms. The van der Waals surface area contributed by atoms with Gasteiger partial charge in [0, 0.05) is 19.3 Å². The second kappa shape index (κ2) is 19.5. The van der Waals surface area contributed by atoms with Gasteiger partial charge in [0.1, 0.15) is 0 Å². The van der Waals surface area contributed by atoms with E-state index in [0.717, 1.165) is 19.4 Å². The van der Waals surface area contributed by atoms with Crippen LogP contribution in [0, 0.1) is 0 Å². The van der Waals surface area contributed by atoms with E-state index < -0.39 is 0 Å². The second-order valence-electron chi connectivity index (χ2n) is 7.21. The summed E-state index contributed by atoms with van der Waals surface area (Å²) in [6, 6.07) is 0. The molecule has 0 rings (SSSR count). The molecule has 0 aliphatic rings. The Balaban J connectivity index is 3.05.